The summed E-state index contributed by atoms with van der Waals surface area (Å²) in [5.74, 6) is -0.549. The van der Waals surface area contributed by atoms with Gasteiger partial charge in [-0.3, -0.25) is 14.9 Å². The molecule has 0 radical (unpaired) electrons. The van der Waals surface area contributed by atoms with E-state index in [0.717, 1.165) is 22.0 Å². The first-order valence-electron chi connectivity index (χ1n) is 9.19. The van der Waals surface area contributed by atoms with E-state index in [0.29, 0.717) is 25.2 Å². The fraction of sp³-hybridized carbons (Fsp3) is 0.190. The summed E-state index contributed by atoms with van der Waals surface area (Å²) in [7, 11) is 1.67. The van der Waals surface area contributed by atoms with Crippen LogP contribution in [0.3, 0.4) is 0 Å². The van der Waals surface area contributed by atoms with Crippen molar-refractivity contribution in [3.8, 4) is 0 Å². The van der Waals surface area contributed by atoms with Crippen LogP contribution in [-0.4, -0.2) is 40.9 Å². The van der Waals surface area contributed by atoms with Crippen molar-refractivity contribution in [3.05, 3.63) is 75.7 Å². The van der Waals surface area contributed by atoms with E-state index < -0.39 is 4.92 Å². The summed E-state index contributed by atoms with van der Waals surface area (Å²) in [6, 6.07) is 8.86. The molecule has 1 amide bonds. The van der Waals surface area contributed by atoms with E-state index in [1.54, 1.807) is 24.1 Å². The number of hydrogen-bond donors (Lipinski definition) is 2. The van der Waals surface area contributed by atoms with E-state index in [4.69, 9.17) is 0 Å². The number of nitro groups is 1. The number of H-pyrrole nitrogens is 1. The molecule has 0 saturated carbocycles. The van der Waals surface area contributed by atoms with Crippen molar-refractivity contribution in [3.63, 3.8) is 0 Å². The highest BCUT2D eigenvalue weighted by molar-refractivity contribution is 6.01. The average Bonchev–Trinajstić information content (AvgIpc) is 3.15. The third-order valence-electron chi connectivity index (χ3n) is 5.20. The van der Waals surface area contributed by atoms with Gasteiger partial charge in [-0.05, 0) is 36.3 Å². The number of nitrogens with one attached hydrogen (secondary N) is 2. The normalized spacial score (nSPS) is 14.0. The van der Waals surface area contributed by atoms with Crippen molar-refractivity contribution in [2.75, 3.05) is 25.5 Å². The molecule has 2 N–H and O–H groups in total. The molecule has 8 heteroatoms. The number of halogens is 1. The second-order valence-corrected chi connectivity index (χ2v) is 6.86. The number of fused-ring (bicyclic) bond motifs is 1. The van der Waals surface area contributed by atoms with Gasteiger partial charge in [0.15, 0.2) is 0 Å². The van der Waals surface area contributed by atoms with Crippen LogP contribution in [0, 0.1) is 15.9 Å². The number of rotatable bonds is 4. The highest BCUT2D eigenvalue weighted by Gasteiger charge is 2.24. The van der Waals surface area contributed by atoms with Gasteiger partial charge in [-0.25, -0.2) is 4.39 Å². The number of non-ortho nitro benzene ring substituents is 1. The van der Waals surface area contributed by atoms with Crippen molar-refractivity contribution < 1.29 is 14.1 Å². The second kappa shape index (κ2) is 7.38. The third-order valence-corrected chi connectivity index (χ3v) is 5.20. The van der Waals surface area contributed by atoms with Gasteiger partial charge >= 0.3 is 0 Å². The van der Waals surface area contributed by atoms with Crippen LogP contribution in [0.25, 0.3) is 16.5 Å². The van der Waals surface area contributed by atoms with Crippen molar-refractivity contribution in [1.29, 1.82) is 0 Å². The van der Waals surface area contributed by atoms with Gasteiger partial charge in [-0.2, -0.15) is 0 Å². The molecule has 2 aromatic carbocycles. The molecule has 148 valence electrons. The van der Waals surface area contributed by atoms with Gasteiger partial charge in [-0.15, -0.1) is 0 Å². The lowest BCUT2D eigenvalue weighted by Crippen LogP contribution is -2.35. The van der Waals surface area contributed by atoms with E-state index in [2.05, 4.69) is 10.3 Å². The quantitative estimate of drug-likeness (QED) is 0.513. The SMILES string of the molecule is CNc1ccc([N+](=O)[O-])cc1C(=O)N1CC=C(c2c[nH]c3cc(F)ccc23)CC1. The number of nitrogens with zero attached hydrogens (tertiary/aromatic N) is 2. The van der Waals surface area contributed by atoms with E-state index >= 15 is 0 Å². The van der Waals surface area contributed by atoms with Gasteiger partial charge in [0.25, 0.3) is 11.6 Å². The maximum absolute atomic E-state index is 13.4. The second-order valence-electron chi connectivity index (χ2n) is 6.86. The third kappa shape index (κ3) is 3.44. The first kappa shape index (κ1) is 18.7. The zero-order chi connectivity index (χ0) is 20.5. The van der Waals surface area contributed by atoms with Gasteiger partial charge in [-0.1, -0.05) is 6.08 Å². The first-order valence-corrected chi connectivity index (χ1v) is 9.19. The Balaban J connectivity index is 1.59. The standard InChI is InChI=1S/C21H19FN4O3/c1-23-19-5-3-15(26(28)29)11-17(19)21(27)25-8-6-13(7-9-25)18-12-24-20-10-14(22)2-4-16(18)20/h2-6,10-12,23-24H,7-9H2,1H3. The molecule has 0 unspecified atom stereocenters. The number of carbonyl (C=O) groups is 1. The lowest BCUT2D eigenvalue weighted by atomic mass is 9.98. The van der Waals surface area contributed by atoms with Gasteiger partial charge in [0.1, 0.15) is 5.82 Å². The maximum atomic E-state index is 13.4. The lowest BCUT2D eigenvalue weighted by Gasteiger charge is -2.27. The molecule has 0 fully saturated rings. The molecule has 1 aliphatic heterocycles. The van der Waals surface area contributed by atoms with Crippen LogP contribution in [0.15, 0.2) is 48.7 Å². The molecule has 1 aromatic heterocycles. The molecule has 4 rings (SSSR count). The molecule has 0 aliphatic carbocycles. The van der Waals surface area contributed by atoms with Crippen LogP contribution in [0.5, 0.6) is 0 Å². The monoisotopic (exact) mass is 394 g/mol. The van der Waals surface area contributed by atoms with Crippen molar-refractivity contribution in [2.24, 2.45) is 0 Å². The van der Waals surface area contributed by atoms with Crippen LogP contribution in [0.4, 0.5) is 15.8 Å². The summed E-state index contributed by atoms with van der Waals surface area (Å²) in [4.78, 5) is 28.3. The van der Waals surface area contributed by atoms with Gasteiger partial charge in [0.2, 0.25) is 0 Å². The van der Waals surface area contributed by atoms with Gasteiger partial charge in [0.05, 0.1) is 10.5 Å². The molecule has 29 heavy (non-hydrogen) atoms. The molecule has 0 spiro atoms. The van der Waals surface area contributed by atoms with E-state index in [9.17, 15) is 19.3 Å². The van der Waals surface area contributed by atoms with E-state index in [1.165, 1.54) is 24.3 Å². The number of anilines is 1. The largest absolute Gasteiger partial charge is 0.387 e. The minimum Gasteiger partial charge on any atom is -0.387 e. The number of aromatic amines is 1. The first-order chi connectivity index (χ1) is 14.0. The van der Waals surface area contributed by atoms with Gasteiger partial charge in [0, 0.05) is 60.6 Å². The lowest BCUT2D eigenvalue weighted by molar-refractivity contribution is -0.384. The summed E-state index contributed by atoms with van der Waals surface area (Å²) in [6.45, 7) is 0.887. The Labute approximate surface area is 166 Å². The Bertz CT molecular complexity index is 1150. The van der Waals surface area contributed by atoms with Crippen LogP contribution in [-0.2, 0) is 0 Å². The summed E-state index contributed by atoms with van der Waals surface area (Å²) < 4.78 is 13.4. The van der Waals surface area contributed by atoms with Crippen molar-refractivity contribution in [1.82, 2.24) is 9.88 Å². The Kier molecular flexibility index (Phi) is 4.75. The minimum absolute atomic E-state index is 0.119. The number of aromatic nitrogens is 1. The molecule has 0 bridgehead atoms. The molecular formula is C21H19FN4O3. The number of carbonyl (C=O) groups excluding carboxylic acids is 1. The highest BCUT2D eigenvalue weighted by atomic mass is 19.1. The van der Waals surface area contributed by atoms with E-state index in [-0.39, 0.29) is 23.0 Å². The number of benzene rings is 2. The minimum atomic E-state index is -0.510. The Morgan fingerprint density at radius 2 is 2.10 bits per heavy atom. The molecule has 3 aromatic rings. The predicted molar refractivity (Wildman–Crippen MR) is 109 cm³/mol. The molecular weight excluding hydrogens is 375 g/mol. The van der Waals surface area contributed by atoms with Crippen LogP contribution < -0.4 is 5.32 Å². The highest BCUT2D eigenvalue weighted by Crippen LogP contribution is 2.31. The zero-order valence-corrected chi connectivity index (χ0v) is 15.7. The number of nitro benzene ring substituents is 1. The Hall–Kier alpha value is -3.68. The van der Waals surface area contributed by atoms with Crippen LogP contribution in [0.1, 0.15) is 22.3 Å². The number of hydrogen-bond acceptors (Lipinski definition) is 4. The molecule has 2 heterocycles. The topological polar surface area (TPSA) is 91.3 Å². The van der Waals surface area contributed by atoms with Crippen molar-refractivity contribution >= 4 is 33.8 Å². The van der Waals surface area contributed by atoms with Crippen molar-refractivity contribution in [2.45, 2.75) is 6.42 Å². The predicted octanol–water partition coefficient (Wildman–Crippen LogP) is 4.19. The van der Waals surface area contributed by atoms with E-state index in [1.807, 2.05) is 12.3 Å². The maximum Gasteiger partial charge on any atom is 0.270 e. The smallest absolute Gasteiger partial charge is 0.270 e. The zero-order valence-electron chi connectivity index (χ0n) is 15.7. The van der Waals surface area contributed by atoms with Gasteiger partial charge < -0.3 is 15.2 Å². The average molecular weight is 394 g/mol. The summed E-state index contributed by atoms with van der Waals surface area (Å²) in [5, 5.41) is 14.9. The van der Waals surface area contributed by atoms with Crippen LogP contribution in [0.2, 0.25) is 0 Å². The summed E-state index contributed by atoms with van der Waals surface area (Å²) in [5.41, 5.74) is 3.52. The molecule has 7 nitrogen and oxygen atoms in total. The fourth-order valence-corrected chi connectivity index (χ4v) is 3.67. The molecule has 0 saturated heterocycles. The summed E-state index contributed by atoms with van der Waals surface area (Å²) in [6.07, 6.45) is 4.47. The number of amides is 1. The Morgan fingerprint density at radius 1 is 1.28 bits per heavy atom. The summed E-state index contributed by atoms with van der Waals surface area (Å²) >= 11 is 0. The fourth-order valence-electron chi connectivity index (χ4n) is 3.67. The Morgan fingerprint density at radius 3 is 2.79 bits per heavy atom. The molecule has 1 aliphatic rings. The van der Waals surface area contributed by atoms with Crippen LogP contribution >= 0.6 is 0 Å². The molecule has 0 atom stereocenters.